The van der Waals surface area contributed by atoms with Crippen LogP contribution in [0.5, 0.6) is 0 Å². The SMILES string of the molecule is O[C@@H]1CN(Cc2ccoc2)CC[C@H]1N1CCCCCC1. The van der Waals surface area contributed by atoms with Gasteiger partial charge in [0.25, 0.3) is 0 Å². The van der Waals surface area contributed by atoms with Gasteiger partial charge in [0.15, 0.2) is 0 Å². The third-order valence-corrected chi connectivity index (χ3v) is 4.73. The monoisotopic (exact) mass is 278 g/mol. The summed E-state index contributed by atoms with van der Waals surface area (Å²) in [5.74, 6) is 0. The van der Waals surface area contributed by atoms with E-state index in [2.05, 4.69) is 9.80 Å². The van der Waals surface area contributed by atoms with Crippen molar-refractivity contribution >= 4 is 0 Å². The standard InChI is InChI=1S/C16H26N2O2/c19-16-12-17(11-14-6-10-20-13-14)9-5-15(16)18-7-3-1-2-4-8-18/h6,10,13,15-16,19H,1-5,7-9,11-12H2/t15-,16-/m1/s1. The molecule has 4 nitrogen and oxygen atoms in total. The third-order valence-electron chi connectivity index (χ3n) is 4.73. The highest BCUT2D eigenvalue weighted by molar-refractivity contribution is 5.05. The normalized spacial score (nSPS) is 30.2. The third kappa shape index (κ3) is 3.43. The fourth-order valence-electron chi connectivity index (χ4n) is 3.62. The summed E-state index contributed by atoms with van der Waals surface area (Å²) in [5.41, 5.74) is 1.20. The highest BCUT2D eigenvalue weighted by Crippen LogP contribution is 2.22. The molecule has 0 amide bonds. The lowest BCUT2D eigenvalue weighted by Crippen LogP contribution is -2.54. The van der Waals surface area contributed by atoms with Crippen LogP contribution in [0.25, 0.3) is 0 Å². The zero-order chi connectivity index (χ0) is 13.8. The van der Waals surface area contributed by atoms with Crippen molar-refractivity contribution in [3.63, 3.8) is 0 Å². The molecule has 0 unspecified atom stereocenters. The van der Waals surface area contributed by atoms with Crippen LogP contribution in [0.4, 0.5) is 0 Å². The van der Waals surface area contributed by atoms with E-state index < -0.39 is 0 Å². The molecule has 2 atom stereocenters. The van der Waals surface area contributed by atoms with Crippen LogP contribution < -0.4 is 0 Å². The van der Waals surface area contributed by atoms with Crippen LogP contribution in [0.3, 0.4) is 0 Å². The Morgan fingerprint density at radius 1 is 1.15 bits per heavy atom. The van der Waals surface area contributed by atoms with E-state index in [1.165, 1.54) is 44.3 Å². The van der Waals surface area contributed by atoms with Crippen molar-refractivity contribution in [1.29, 1.82) is 0 Å². The number of likely N-dealkylation sites (tertiary alicyclic amines) is 2. The van der Waals surface area contributed by atoms with Gasteiger partial charge < -0.3 is 9.52 Å². The Hall–Kier alpha value is -0.840. The average Bonchev–Trinajstić information content (AvgIpc) is 2.80. The number of rotatable bonds is 3. The maximum absolute atomic E-state index is 10.5. The van der Waals surface area contributed by atoms with Gasteiger partial charge in [-0.15, -0.1) is 0 Å². The molecule has 1 aromatic heterocycles. The number of hydrogen-bond acceptors (Lipinski definition) is 4. The lowest BCUT2D eigenvalue weighted by molar-refractivity contribution is -0.0144. The van der Waals surface area contributed by atoms with Crippen molar-refractivity contribution in [2.24, 2.45) is 0 Å². The second kappa shape index (κ2) is 6.74. The summed E-state index contributed by atoms with van der Waals surface area (Å²) in [7, 11) is 0. The molecule has 1 N–H and O–H groups in total. The fraction of sp³-hybridized carbons (Fsp3) is 0.750. The molecule has 0 saturated carbocycles. The fourth-order valence-corrected chi connectivity index (χ4v) is 3.62. The Bertz CT molecular complexity index is 385. The summed E-state index contributed by atoms with van der Waals surface area (Å²) >= 11 is 0. The van der Waals surface area contributed by atoms with Gasteiger partial charge in [0, 0.05) is 31.2 Å². The Labute approximate surface area is 121 Å². The van der Waals surface area contributed by atoms with Gasteiger partial charge in [-0.2, -0.15) is 0 Å². The smallest absolute Gasteiger partial charge is 0.0947 e. The Balaban J connectivity index is 1.53. The minimum atomic E-state index is -0.214. The Kier molecular flexibility index (Phi) is 4.76. The summed E-state index contributed by atoms with van der Waals surface area (Å²) in [5, 5.41) is 10.5. The van der Waals surface area contributed by atoms with Gasteiger partial charge in [-0.3, -0.25) is 9.80 Å². The lowest BCUT2D eigenvalue weighted by Gasteiger charge is -2.41. The van der Waals surface area contributed by atoms with Crippen LogP contribution >= 0.6 is 0 Å². The summed E-state index contributed by atoms with van der Waals surface area (Å²) in [6, 6.07) is 2.38. The van der Waals surface area contributed by atoms with Gasteiger partial charge in [-0.25, -0.2) is 0 Å². The Morgan fingerprint density at radius 3 is 2.60 bits per heavy atom. The van der Waals surface area contributed by atoms with Crippen LogP contribution in [0.15, 0.2) is 23.0 Å². The molecule has 0 bridgehead atoms. The molecule has 1 aromatic rings. The molecule has 0 spiro atoms. The molecule has 20 heavy (non-hydrogen) atoms. The number of β-amino-alcohol motifs (C(OH)–C–C–N with tert-alkyl or cyclic N) is 1. The van der Waals surface area contributed by atoms with Crippen molar-refractivity contribution in [2.75, 3.05) is 26.2 Å². The van der Waals surface area contributed by atoms with E-state index in [1.54, 1.807) is 12.5 Å². The molecule has 112 valence electrons. The van der Waals surface area contributed by atoms with Crippen LogP contribution in [0, 0.1) is 0 Å². The number of aliphatic hydroxyl groups is 1. The molecule has 3 rings (SSSR count). The minimum Gasteiger partial charge on any atom is -0.472 e. The van der Waals surface area contributed by atoms with Crippen molar-refractivity contribution in [1.82, 2.24) is 9.80 Å². The summed E-state index contributed by atoms with van der Waals surface area (Å²) in [4.78, 5) is 4.87. The van der Waals surface area contributed by atoms with Gasteiger partial charge in [0.1, 0.15) is 0 Å². The van der Waals surface area contributed by atoms with E-state index in [0.29, 0.717) is 6.04 Å². The lowest BCUT2D eigenvalue weighted by atomic mass is 9.99. The van der Waals surface area contributed by atoms with Crippen molar-refractivity contribution < 1.29 is 9.52 Å². The molecule has 2 aliphatic heterocycles. The van der Waals surface area contributed by atoms with Crippen molar-refractivity contribution in [3.8, 4) is 0 Å². The van der Waals surface area contributed by atoms with E-state index in [0.717, 1.165) is 26.1 Å². The molecule has 2 aliphatic rings. The number of furan rings is 1. The van der Waals surface area contributed by atoms with E-state index >= 15 is 0 Å². The topological polar surface area (TPSA) is 39.9 Å². The summed E-state index contributed by atoms with van der Waals surface area (Å²) in [6.45, 7) is 5.09. The molecule has 0 aliphatic carbocycles. The number of piperidine rings is 1. The van der Waals surface area contributed by atoms with Crippen LogP contribution in [0.1, 0.15) is 37.7 Å². The van der Waals surface area contributed by atoms with Gasteiger partial charge in [0.05, 0.1) is 18.6 Å². The van der Waals surface area contributed by atoms with Crippen molar-refractivity contribution in [3.05, 3.63) is 24.2 Å². The maximum Gasteiger partial charge on any atom is 0.0947 e. The highest BCUT2D eigenvalue weighted by Gasteiger charge is 2.32. The van der Waals surface area contributed by atoms with Gasteiger partial charge >= 0.3 is 0 Å². The van der Waals surface area contributed by atoms with Gasteiger partial charge in [-0.05, 0) is 38.4 Å². The van der Waals surface area contributed by atoms with Crippen LogP contribution in [-0.4, -0.2) is 53.2 Å². The molecule has 4 heteroatoms. The van der Waals surface area contributed by atoms with Gasteiger partial charge in [-0.1, -0.05) is 12.8 Å². The van der Waals surface area contributed by atoms with Gasteiger partial charge in [0.2, 0.25) is 0 Å². The number of nitrogens with zero attached hydrogens (tertiary/aromatic N) is 2. The second-order valence-corrected chi connectivity index (χ2v) is 6.24. The second-order valence-electron chi connectivity index (χ2n) is 6.24. The molecule has 3 heterocycles. The first-order valence-electron chi connectivity index (χ1n) is 7.98. The zero-order valence-electron chi connectivity index (χ0n) is 12.2. The molecule has 0 radical (unpaired) electrons. The largest absolute Gasteiger partial charge is 0.472 e. The molecule has 0 aromatic carbocycles. The van der Waals surface area contributed by atoms with E-state index in [4.69, 9.17) is 4.42 Å². The van der Waals surface area contributed by atoms with E-state index in [1.807, 2.05) is 6.07 Å². The predicted octanol–water partition coefficient (Wildman–Crippen LogP) is 2.09. The highest BCUT2D eigenvalue weighted by atomic mass is 16.3. The zero-order valence-corrected chi connectivity index (χ0v) is 12.2. The molecule has 2 saturated heterocycles. The van der Waals surface area contributed by atoms with E-state index in [-0.39, 0.29) is 6.10 Å². The summed E-state index contributed by atoms with van der Waals surface area (Å²) < 4.78 is 5.12. The average molecular weight is 278 g/mol. The first kappa shape index (κ1) is 14.1. The number of hydrogen-bond donors (Lipinski definition) is 1. The minimum absolute atomic E-state index is 0.214. The van der Waals surface area contributed by atoms with Crippen LogP contribution in [0.2, 0.25) is 0 Å². The Morgan fingerprint density at radius 2 is 1.95 bits per heavy atom. The molecular weight excluding hydrogens is 252 g/mol. The maximum atomic E-state index is 10.5. The quantitative estimate of drug-likeness (QED) is 0.919. The molecule has 2 fully saturated rings. The molecular formula is C16H26N2O2. The summed E-state index contributed by atoms with van der Waals surface area (Å²) in [6.07, 6.45) is 9.68. The van der Waals surface area contributed by atoms with E-state index in [9.17, 15) is 5.11 Å². The predicted molar refractivity (Wildman–Crippen MR) is 78.4 cm³/mol. The van der Waals surface area contributed by atoms with Crippen LogP contribution in [-0.2, 0) is 6.54 Å². The number of aliphatic hydroxyl groups excluding tert-OH is 1. The first-order chi connectivity index (χ1) is 9.83. The van der Waals surface area contributed by atoms with Crippen molar-refractivity contribution in [2.45, 2.75) is 50.8 Å². The first-order valence-corrected chi connectivity index (χ1v) is 7.98.